The standard InChI is InChI=1S/C11H11ClO2S/c1-6-5-9(15-11(6)12)10(13)8-3-4-14-7(8)2/h3-5,10,13H,1-2H3. The van der Waals surface area contributed by atoms with Crippen LogP contribution in [0.2, 0.25) is 4.34 Å². The smallest absolute Gasteiger partial charge is 0.117 e. The van der Waals surface area contributed by atoms with Crippen LogP contribution in [0.5, 0.6) is 0 Å². The van der Waals surface area contributed by atoms with E-state index in [2.05, 4.69) is 0 Å². The molecule has 80 valence electrons. The first kappa shape index (κ1) is 10.7. The fourth-order valence-electron chi connectivity index (χ4n) is 1.45. The molecule has 0 saturated heterocycles. The Labute approximate surface area is 97.1 Å². The molecule has 4 heteroatoms. The predicted molar refractivity (Wildman–Crippen MR) is 61.6 cm³/mol. The van der Waals surface area contributed by atoms with E-state index in [9.17, 15) is 5.11 Å². The zero-order valence-electron chi connectivity index (χ0n) is 8.45. The summed E-state index contributed by atoms with van der Waals surface area (Å²) in [6.45, 7) is 3.76. The van der Waals surface area contributed by atoms with E-state index in [1.54, 1.807) is 12.3 Å². The van der Waals surface area contributed by atoms with Crippen molar-refractivity contribution in [2.75, 3.05) is 0 Å². The summed E-state index contributed by atoms with van der Waals surface area (Å²) in [4.78, 5) is 0.849. The first-order valence-electron chi connectivity index (χ1n) is 4.57. The molecule has 0 radical (unpaired) electrons. The minimum absolute atomic E-state index is 0.639. The number of aryl methyl sites for hydroxylation is 2. The van der Waals surface area contributed by atoms with Crippen molar-refractivity contribution in [3.05, 3.63) is 44.5 Å². The van der Waals surface area contributed by atoms with Gasteiger partial charge in [-0.25, -0.2) is 0 Å². The summed E-state index contributed by atoms with van der Waals surface area (Å²) in [5, 5.41) is 10.1. The minimum Gasteiger partial charge on any atom is -0.469 e. The molecule has 2 rings (SSSR count). The van der Waals surface area contributed by atoms with Gasteiger partial charge in [0.1, 0.15) is 11.9 Å². The molecule has 2 aromatic heterocycles. The Bertz CT molecular complexity index is 453. The topological polar surface area (TPSA) is 33.4 Å². The number of thiophene rings is 1. The molecule has 1 N–H and O–H groups in total. The highest BCUT2D eigenvalue weighted by molar-refractivity contribution is 7.16. The van der Waals surface area contributed by atoms with E-state index in [0.29, 0.717) is 0 Å². The second kappa shape index (κ2) is 4.00. The van der Waals surface area contributed by atoms with Crippen LogP contribution in [0, 0.1) is 13.8 Å². The average molecular weight is 243 g/mol. The highest BCUT2D eigenvalue weighted by Crippen LogP contribution is 2.35. The van der Waals surface area contributed by atoms with Gasteiger partial charge in [-0.3, -0.25) is 0 Å². The van der Waals surface area contributed by atoms with Crippen molar-refractivity contribution in [1.29, 1.82) is 0 Å². The molecular weight excluding hydrogens is 232 g/mol. The van der Waals surface area contributed by atoms with Gasteiger partial charge in [-0.15, -0.1) is 11.3 Å². The molecule has 0 aliphatic carbocycles. The second-order valence-corrected chi connectivity index (χ2v) is 5.13. The van der Waals surface area contributed by atoms with E-state index in [0.717, 1.165) is 26.1 Å². The van der Waals surface area contributed by atoms with Gasteiger partial charge in [-0.05, 0) is 31.5 Å². The largest absolute Gasteiger partial charge is 0.469 e. The van der Waals surface area contributed by atoms with Crippen LogP contribution in [0.3, 0.4) is 0 Å². The van der Waals surface area contributed by atoms with Crippen LogP contribution in [-0.4, -0.2) is 5.11 Å². The van der Waals surface area contributed by atoms with Crippen molar-refractivity contribution in [2.24, 2.45) is 0 Å². The Morgan fingerprint density at radius 2 is 2.20 bits per heavy atom. The predicted octanol–water partition coefficient (Wildman–Crippen LogP) is 3.69. The molecule has 2 heterocycles. The quantitative estimate of drug-likeness (QED) is 0.871. The van der Waals surface area contributed by atoms with E-state index in [1.807, 2.05) is 19.9 Å². The number of furan rings is 1. The third kappa shape index (κ3) is 1.95. The molecule has 0 aromatic carbocycles. The van der Waals surface area contributed by atoms with Gasteiger partial charge in [0.2, 0.25) is 0 Å². The first-order valence-corrected chi connectivity index (χ1v) is 5.77. The molecule has 1 unspecified atom stereocenters. The lowest BCUT2D eigenvalue weighted by Crippen LogP contribution is -1.96. The van der Waals surface area contributed by atoms with E-state index >= 15 is 0 Å². The van der Waals surface area contributed by atoms with Crippen LogP contribution in [0.25, 0.3) is 0 Å². The van der Waals surface area contributed by atoms with Crippen molar-refractivity contribution in [3.8, 4) is 0 Å². The summed E-state index contributed by atoms with van der Waals surface area (Å²) in [5.74, 6) is 0.740. The number of rotatable bonds is 2. The fourth-order valence-corrected chi connectivity index (χ4v) is 2.67. The van der Waals surface area contributed by atoms with Gasteiger partial charge in [-0.2, -0.15) is 0 Å². The molecule has 0 spiro atoms. The maximum Gasteiger partial charge on any atom is 0.117 e. The average Bonchev–Trinajstić information content (AvgIpc) is 2.74. The van der Waals surface area contributed by atoms with Gasteiger partial charge < -0.3 is 9.52 Å². The third-order valence-electron chi connectivity index (χ3n) is 2.34. The normalized spacial score (nSPS) is 13.1. The van der Waals surface area contributed by atoms with Crippen LogP contribution in [-0.2, 0) is 0 Å². The van der Waals surface area contributed by atoms with Crippen molar-refractivity contribution in [2.45, 2.75) is 20.0 Å². The van der Waals surface area contributed by atoms with Crippen molar-refractivity contribution >= 4 is 22.9 Å². The van der Waals surface area contributed by atoms with E-state index in [-0.39, 0.29) is 0 Å². The summed E-state index contributed by atoms with van der Waals surface area (Å²) in [6.07, 6.45) is 0.940. The van der Waals surface area contributed by atoms with Gasteiger partial charge in [-0.1, -0.05) is 11.6 Å². The molecule has 0 aliphatic heterocycles. The first-order chi connectivity index (χ1) is 7.09. The van der Waals surface area contributed by atoms with Crippen LogP contribution >= 0.6 is 22.9 Å². The number of hydrogen-bond acceptors (Lipinski definition) is 3. The van der Waals surface area contributed by atoms with Gasteiger partial charge in [0.25, 0.3) is 0 Å². The minimum atomic E-state index is -0.639. The van der Waals surface area contributed by atoms with Crippen molar-refractivity contribution < 1.29 is 9.52 Å². The Balaban J connectivity index is 2.36. The molecule has 0 bridgehead atoms. The summed E-state index contributed by atoms with van der Waals surface area (Å²) in [6, 6.07) is 3.69. The highest BCUT2D eigenvalue weighted by Gasteiger charge is 2.17. The lowest BCUT2D eigenvalue weighted by Gasteiger charge is -2.06. The molecule has 15 heavy (non-hydrogen) atoms. The lowest BCUT2D eigenvalue weighted by molar-refractivity contribution is 0.222. The molecule has 2 nitrogen and oxygen atoms in total. The second-order valence-electron chi connectivity index (χ2n) is 3.44. The van der Waals surface area contributed by atoms with Crippen LogP contribution in [0.4, 0.5) is 0 Å². The van der Waals surface area contributed by atoms with Gasteiger partial charge >= 0.3 is 0 Å². The summed E-state index contributed by atoms with van der Waals surface area (Å²) >= 11 is 7.36. The van der Waals surface area contributed by atoms with Gasteiger partial charge in [0, 0.05) is 10.4 Å². The number of hydrogen-bond donors (Lipinski definition) is 1. The van der Waals surface area contributed by atoms with Crippen LogP contribution < -0.4 is 0 Å². The highest BCUT2D eigenvalue weighted by atomic mass is 35.5. The van der Waals surface area contributed by atoms with E-state index in [4.69, 9.17) is 16.0 Å². The summed E-state index contributed by atoms with van der Waals surface area (Å²) < 4.78 is 5.88. The van der Waals surface area contributed by atoms with Gasteiger partial charge in [0.05, 0.1) is 10.6 Å². The molecule has 0 fully saturated rings. The van der Waals surface area contributed by atoms with Crippen LogP contribution in [0.1, 0.15) is 27.9 Å². The monoisotopic (exact) mass is 242 g/mol. The van der Waals surface area contributed by atoms with E-state index in [1.165, 1.54) is 11.3 Å². The number of aliphatic hydroxyl groups excluding tert-OH is 1. The maximum atomic E-state index is 10.1. The molecule has 0 saturated carbocycles. The Morgan fingerprint density at radius 1 is 1.47 bits per heavy atom. The molecule has 1 atom stereocenters. The fraction of sp³-hybridized carbons (Fsp3) is 0.273. The molecular formula is C11H11ClO2S. The molecule has 2 aromatic rings. The van der Waals surface area contributed by atoms with Crippen molar-refractivity contribution in [1.82, 2.24) is 0 Å². The lowest BCUT2D eigenvalue weighted by atomic mass is 10.1. The Hall–Kier alpha value is -0.770. The number of aliphatic hydroxyl groups is 1. The third-order valence-corrected chi connectivity index (χ3v) is 3.95. The maximum absolute atomic E-state index is 10.1. The van der Waals surface area contributed by atoms with E-state index < -0.39 is 6.10 Å². The number of halogens is 1. The van der Waals surface area contributed by atoms with Crippen molar-refractivity contribution in [3.63, 3.8) is 0 Å². The SMILES string of the molecule is Cc1cc(C(O)c2ccoc2C)sc1Cl. The summed E-state index contributed by atoms with van der Waals surface area (Å²) in [5.41, 5.74) is 1.80. The Kier molecular flexibility index (Phi) is 2.87. The zero-order valence-corrected chi connectivity index (χ0v) is 10.0. The zero-order chi connectivity index (χ0) is 11.0. The Morgan fingerprint density at radius 3 is 2.67 bits per heavy atom. The molecule has 0 amide bonds. The summed E-state index contributed by atoms with van der Waals surface area (Å²) in [7, 11) is 0. The molecule has 0 aliphatic rings. The van der Waals surface area contributed by atoms with Gasteiger partial charge in [0.15, 0.2) is 0 Å². The van der Waals surface area contributed by atoms with Crippen LogP contribution in [0.15, 0.2) is 22.8 Å².